The SMILES string of the molecule is COc1ccc(NS(=O)(=O)c2ccc(/C=C/C(=O)OCCOc3ccccc3F)cc2)cc1. The molecule has 3 aromatic carbocycles. The first-order valence-corrected chi connectivity index (χ1v) is 11.3. The second kappa shape index (κ2) is 11.1. The van der Waals surface area contributed by atoms with Crippen LogP contribution in [0.25, 0.3) is 6.08 Å². The van der Waals surface area contributed by atoms with Gasteiger partial charge in [0.1, 0.15) is 19.0 Å². The molecule has 0 saturated heterocycles. The number of nitrogens with one attached hydrogen (secondary N) is 1. The molecule has 172 valence electrons. The van der Waals surface area contributed by atoms with Gasteiger partial charge in [0, 0.05) is 11.8 Å². The summed E-state index contributed by atoms with van der Waals surface area (Å²) in [5, 5.41) is 0. The van der Waals surface area contributed by atoms with E-state index in [-0.39, 0.29) is 23.9 Å². The molecule has 0 radical (unpaired) electrons. The van der Waals surface area contributed by atoms with E-state index in [4.69, 9.17) is 14.2 Å². The molecule has 0 amide bonds. The van der Waals surface area contributed by atoms with Gasteiger partial charge in [0.2, 0.25) is 0 Å². The number of carbonyl (C=O) groups excluding carboxylic acids is 1. The zero-order valence-electron chi connectivity index (χ0n) is 17.7. The summed E-state index contributed by atoms with van der Waals surface area (Å²) in [6.07, 6.45) is 2.70. The average molecular weight is 472 g/mol. The van der Waals surface area contributed by atoms with Crippen LogP contribution >= 0.6 is 0 Å². The number of carbonyl (C=O) groups is 1. The van der Waals surface area contributed by atoms with Gasteiger partial charge in [0.05, 0.1) is 12.0 Å². The zero-order chi connectivity index (χ0) is 23.7. The van der Waals surface area contributed by atoms with Crippen molar-refractivity contribution in [3.8, 4) is 11.5 Å². The summed E-state index contributed by atoms with van der Waals surface area (Å²) in [5.74, 6) is -0.399. The molecule has 0 unspecified atom stereocenters. The Hall–Kier alpha value is -3.85. The fourth-order valence-electron chi connectivity index (χ4n) is 2.70. The van der Waals surface area contributed by atoms with Crippen LogP contribution in [0.1, 0.15) is 5.56 Å². The first kappa shape index (κ1) is 23.8. The Balaban J connectivity index is 1.49. The zero-order valence-corrected chi connectivity index (χ0v) is 18.5. The van der Waals surface area contributed by atoms with Crippen molar-refractivity contribution in [2.45, 2.75) is 4.90 Å². The molecule has 1 N–H and O–H groups in total. The summed E-state index contributed by atoms with van der Waals surface area (Å²) < 4.78 is 56.2. The second-order valence-electron chi connectivity index (χ2n) is 6.68. The number of anilines is 1. The molecule has 0 aliphatic rings. The molecule has 0 atom stereocenters. The van der Waals surface area contributed by atoms with Crippen LogP contribution < -0.4 is 14.2 Å². The van der Waals surface area contributed by atoms with Gasteiger partial charge < -0.3 is 14.2 Å². The van der Waals surface area contributed by atoms with E-state index in [0.29, 0.717) is 17.0 Å². The minimum Gasteiger partial charge on any atom is -0.497 e. The van der Waals surface area contributed by atoms with Gasteiger partial charge in [0.15, 0.2) is 11.6 Å². The maximum absolute atomic E-state index is 13.4. The van der Waals surface area contributed by atoms with Crippen LogP contribution in [-0.4, -0.2) is 34.7 Å². The highest BCUT2D eigenvalue weighted by atomic mass is 32.2. The summed E-state index contributed by atoms with van der Waals surface area (Å²) in [7, 11) is -2.24. The second-order valence-corrected chi connectivity index (χ2v) is 8.37. The smallest absolute Gasteiger partial charge is 0.330 e. The molecular formula is C24H22FNO6S. The van der Waals surface area contributed by atoms with Crippen LogP contribution in [-0.2, 0) is 19.6 Å². The lowest BCUT2D eigenvalue weighted by atomic mass is 10.2. The lowest BCUT2D eigenvalue weighted by Crippen LogP contribution is -2.12. The number of para-hydroxylation sites is 1. The maximum Gasteiger partial charge on any atom is 0.330 e. The summed E-state index contributed by atoms with van der Waals surface area (Å²) in [5.41, 5.74) is 1.01. The van der Waals surface area contributed by atoms with Crippen LogP contribution in [0.15, 0.2) is 83.8 Å². The van der Waals surface area contributed by atoms with Crippen molar-refractivity contribution in [3.63, 3.8) is 0 Å². The third kappa shape index (κ3) is 7.08. The Morgan fingerprint density at radius 3 is 2.33 bits per heavy atom. The minimum atomic E-state index is -3.77. The first-order valence-electron chi connectivity index (χ1n) is 9.86. The van der Waals surface area contributed by atoms with Crippen LogP contribution in [0.2, 0.25) is 0 Å². The van der Waals surface area contributed by atoms with Gasteiger partial charge in [-0.15, -0.1) is 0 Å². The molecule has 33 heavy (non-hydrogen) atoms. The number of hydrogen-bond donors (Lipinski definition) is 1. The van der Waals surface area contributed by atoms with Crippen LogP contribution in [0.3, 0.4) is 0 Å². The quantitative estimate of drug-likeness (QED) is 0.270. The summed E-state index contributed by atoms with van der Waals surface area (Å²) in [6, 6.07) is 18.4. The van der Waals surface area contributed by atoms with Gasteiger partial charge in [-0.1, -0.05) is 24.3 Å². The number of sulfonamides is 1. The van der Waals surface area contributed by atoms with Crippen molar-refractivity contribution in [3.05, 3.63) is 90.3 Å². The molecule has 0 aliphatic heterocycles. The van der Waals surface area contributed by atoms with Crippen LogP contribution in [0.5, 0.6) is 11.5 Å². The molecule has 0 saturated carbocycles. The number of ether oxygens (including phenoxy) is 3. The molecule has 0 heterocycles. The molecule has 7 nitrogen and oxygen atoms in total. The maximum atomic E-state index is 13.4. The van der Waals surface area contributed by atoms with Crippen molar-refractivity contribution in [1.29, 1.82) is 0 Å². The summed E-state index contributed by atoms with van der Waals surface area (Å²) in [4.78, 5) is 11.9. The molecule has 0 aliphatic carbocycles. The Bertz CT molecular complexity index is 1210. The molecule has 0 spiro atoms. The van der Waals surface area contributed by atoms with E-state index >= 15 is 0 Å². The van der Waals surface area contributed by atoms with Gasteiger partial charge in [-0.25, -0.2) is 17.6 Å². The van der Waals surface area contributed by atoms with Crippen molar-refractivity contribution < 1.29 is 31.8 Å². The minimum absolute atomic E-state index is 0.00820. The molecule has 3 aromatic rings. The highest BCUT2D eigenvalue weighted by Crippen LogP contribution is 2.20. The summed E-state index contributed by atoms with van der Waals surface area (Å²) >= 11 is 0. The van der Waals surface area contributed by atoms with E-state index in [1.54, 1.807) is 48.5 Å². The van der Waals surface area contributed by atoms with E-state index in [1.165, 1.54) is 43.5 Å². The molecule has 9 heteroatoms. The lowest BCUT2D eigenvalue weighted by Gasteiger charge is -2.09. The Labute approximate surface area is 191 Å². The monoisotopic (exact) mass is 471 g/mol. The number of hydrogen-bond acceptors (Lipinski definition) is 6. The number of rotatable bonds is 10. The molecule has 0 aromatic heterocycles. The molecular weight excluding hydrogens is 449 g/mol. The number of esters is 1. The molecule has 0 fully saturated rings. The van der Waals surface area contributed by atoms with Crippen molar-refractivity contribution in [1.82, 2.24) is 0 Å². The lowest BCUT2D eigenvalue weighted by molar-refractivity contribution is -0.138. The number of benzene rings is 3. The van der Waals surface area contributed by atoms with E-state index in [9.17, 15) is 17.6 Å². The van der Waals surface area contributed by atoms with E-state index in [2.05, 4.69) is 4.72 Å². The Kier molecular flexibility index (Phi) is 8.04. The van der Waals surface area contributed by atoms with Gasteiger partial charge in [-0.3, -0.25) is 4.72 Å². The predicted octanol–water partition coefficient (Wildman–Crippen LogP) is 4.27. The highest BCUT2D eigenvalue weighted by Gasteiger charge is 2.14. The third-order valence-corrected chi connectivity index (χ3v) is 5.76. The first-order chi connectivity index (χ1) is 15.9. The fraction of sp³-hybridized carbons (Fsp3) is 0.125. The molecule has 3 rings (SSSR count). The number of methoxy groups -OCH3 is 1. The molecule has 0 bridgehead atoms. The van der Waals surface area contributed by atoms with Gasteiger partial charge >= 0.3 is 5.97 Å². The average Bonchev–Trinajstić information content (AvgIpc) is 2.82. The van der Waals surface area contributed by atoms with Crippen LogP contribution in [0.4, 0.5) is 10.1 Å². The van der Waals surface area contributed by atoms with Crippen LogP contribution in [0, 0.1) is 5.82 Å². The summed E-state index contributed by atoms with van der Waals surface area (Å²) in [6.45, 7) is -0.0417. The van der Waals surface area contributed by atoms with Crippen molar-refractivity contribution >= 4 is 27.8 Å². The highest BCUT2D eigenvalue weighted by molar-refractivity contribution is 7.92. The van der Waals surface area contributed by atoms with E-state index in [0.717, 1.165) is 0 Å². The number of halogens is 1. The Morgan fingerprint density at radius 1 is 0.970 bits per heavy atom. The van der Waals surface area contributed by atoms with E-state index < -0.39 is 21.8 Å². The largest absolute Gasteiger partial charge is 0.497 e. The van der Waals surface area contributed by atoms with Crippen molar-refractivity contribution in [2.24, 2.45) is 0 Å². The normalized spacial score (nSPS) is 11.2. The fourth-order valence-corrected chi connectivity index (χ4v) is 3.76. The van der Waals surface area contributed by atoms with Gasteiger partial charge in [-0.05, 0) is 60.2 Å². The van der Waals surface area contributed by atoms with E-state index in [1.807, 2.05) is 0 Å². The van der Waals surface area contributed by atoms with Gasteiger partial charge in [-0.2, -0.15) is 0 Å². The topological polar surface area (TPSA) is 90.9 Å². The Morgan fingerprint density at radius 2 is 1.67 bits per heavy atom. The predicted molar refractivity (Wildman–Crippen MR) is 122 cm³/mol. The van der Waals surface area contributed by atoms with Gasteiger partial charge in [0.25, 0.3) is 10.0 Å². The third-order valence-electron chi connectivity index (χ3n) is 4.37. The standard InChI is InChI=1S/C24H22FNO6S/c1-30-20-11-9-19(10-12-20)26-33(28,29)21-13-6-18(7-14-21)8-15-24(27)32-17-16-31-23-5-3-2-4-22(23)25/h2-15,26H,16-17H2,1H3/b15-8+. The van der Waals surface area contributed by atoms with Crippen molar-refractivity contribution in [2.75, 3.05) is 25.0 Å².